The van der Waals surface area contributed by atoms with Crippen LogP contribution in [0.3, 0.4) is 0 Å². The number of hydrogen-bond acceptors (Lipinski definition) is 10. The van der Waals surface area contributed by atoms with Gasteiger partial charge in [-0.3, -0.25) is 4.98 Å². The van der Waals surface area contributed by atoms with E-state index in [2.05, 4.69) is 15.3 Å². The number of aliphatic hydroxyl groups is 1. The van der Waals surface area contributed by atoms with Gasteiger partial charge in [0.1, 0.15) is 17.7 Å². The molecule has 0 aliphatic carbocycles. The third kappa shape index (κ3) is 5.55. The number of anilines is 4. The summed E-state index contributed by atoms with van der Waals surface area (Å²) in [4.78, 5) is 9.97. The van der Waals surface area contributed by atoms with E-state index in [9.17, 15) is 22.7 Å². The van der Waals surface area contributed by atoms with Gasteiger partial charge in [0.05, 0.1) is 47.7 Å². The highest BCUT2D eigenvalue weighted by Crippen LogP contribution is 2.35. The summed E-state index contributed by atoms with van der Waals surface area (Å²) in [6.07, 6.45) is -2.98. The third-order valence-electron chi connectivity index (χ3n) is 7.11. The first-order valence-corrected chi connectivity index (χ1v) is 12.3. The zero-order valence-corrected chi connectivity index (χ0v) is 21.9. The van der Waals surface area contributed by atoms with E-state index in [1.807, 2.05) is 0 Å². The molecule has 1 fully saturated rings. The predicted octanol–water partition coefficient (Wildman–Crippen LogP) is 2.76. The lowest BCUT2D eigenvalue weighted by Gasteiger charge is -2.48. The molecule has 0 radical (unpaired) electrons. The number of alkyl halides is 2. The third-order valence-corrected chi connectivity index (χ3v) is 7.11. The molecule has 14 heteroatoms. The fourth-order valence-corrected chi connectivity index (χ4v) is 4.89. The van der Waals surface area contributed by atoms with Crippen LogP contribution >= 0.6 is 0 Å². The standard InChI is InChI=1S/C26H31F4N7O3/c1-39-20-9-15(27)14(8-16(20)28)18-7-13(10-35-17-3-5-34-25(32)22(17)31)19(11-36-18)37-6-4-21(40-2)26(33,12-37)23(38)24(29)30/h3,5,7-9,11,21,23-24,38H,4,6,10,12,31,33H2,1-2H3,(H3,32,34,35)/t21?,23-,26+/m1/s1. The number of methoxy groups -OCH3 is 2. The molecule has 1 unspecified atom stereocenters. The molecule has 1 aliphatic heterocycles. The van der Waals surface area contributed by atoms with Crippen LogP contribution in [0.2, 0.25) is 0 Å². The van der Waals surface area contributed by atoms with Crippen LogP contribution in [0.25, 0.3) is 11.3 Å². The molecule has 3 heterocycles. The van der Waals surface area contributed by atoms with E-state index in [-0.39, 0.29) is 48.0 Å². The summed E-state index contributed by atoms with van der Waals surface area (Å²) < 4.78 is 66.7. The highest BCUT2D eigenvalue weighted by Gasteiger charge is 2.50. The predicted molar refractivity (Wildman–Crippen MR) is 143 cm³/mol. The Balaban J connectivity index is 1.76. The Bertz CT molecular complexity index is 1360. The molecule has 3 aromatic rings. The van der Waals surface area contributed by atoms with E-state index in [1.165, 1.54) is 32.7 Å². The second-order valence-corrected chi connectivity index (χ2v) is 9.50. The van der Waals surface area contributed by atoms with Crippen LogP contribution in [0.15, 0.2) is 36.7 Å². The van der Waals surface area contributed by atoms with E-state index in [1.54, 1.807) is 11.0 Å². The number of piperidine rings is 1. The highest BCUT2D eigenvalue weighted by atomic mass is 19.3. The zero-order valence-electron chi connectivity index (χ0n) is 21.9. The van der Waals surface area contributed by atoms with E-state index >= 15 is 0 Å². The Morgan fingerprint density at radius 1 is 1.18 bits per heavy atom. The number of hydrogen-bond donors (Lipinski definition) is 5. The smallest absolute Gasteiger partial charge is 0.266 e. The van der Waals surface area contributed by atoms with Gasteiger partial charge in [0.2, 0.25) is 0 Å². The van der Waals surface area contributed by atoms with Gasteiger partial charge in [0, 0.05) is 44.6 Å². The summed E-state index contributed by atoms with van der Waals surface area (Å²) in [5.74, 6) is -1.68. The summed E-state index contributed by atoms with van der Waals surface area (Å²) in [6, 6.07) is 5.04. The maximum Gasteiger partial charge on any atom is 0.266 e. The molecule has 0 bridgehead atoms. The lowest BCUT2D eigenvalue weighted by Crippen LogP contribution is -2.70. The SMILES string of the molecule is COc1cc(F)c(-c2cc(CNc3ccnc(N)c3N)c(N3CCC(OC)[C@](N)([C@H](O)C(F)F)C3)cn2)cc1F. The van der Waals surface area contributed by atoms with Gasteiger partial charge in [0.15, 0.2) is 11.6 Å². The van der Waals surface area contributed by atoms with Crippen molar-refractivity contribution < 1.29 is 32.1 Å². The molecule has 216 valence electrons. The van der Waals surface area contributed by atoms with Gasteiger partial charge in [-0.05, 0) is 30.2 Å². The fourth-order valence-electron chi connectivity index (χ4n) is 4.89. The first kappa shape index (κ1) is 29.1. The van der Waals surface area contributed by atoms with Crippen LogP contribution < -0.4 is 32.2 Å². The molecule has 0 saturated carbocycles. The number of pyridine rings is 2. The first-order valence-electron chi connectivity index (χ1n) is 12.3. The summed E-state index contributed by atoms with van der Waals surface area (Å²) in [7, 11) is 2.57. The number of nitrogens with zero attached hydrogens (tertiary/aromatic N) is 3. The number of nitrogens with two attached hydrogens (primary N) is 3. The molecule has 0 amide bonds. The Kier molecular flexibility index (Phi) is 8.51. The number of halogens is 4. The summed E-state index contributed by atoms with van der Waals surface area (Å²) in [5, 5.41) is 13.5. The topological polar surface area (TPSA) is 158 Å². The first-order chi connectivity index (χ1) is 19.0. The molecule has 0 spiro atoms. The average Bonchev–Trinajstić information content (AvgIpc) is 2.94. The maximum atomic E-state index is 14.9. The molecule has 1 aliphatic rings. The van der Waals surface area contributed by atoms with Crippen LogP contribution in [0, 0.1) is 11.6 Å². The van der Waals surface area contributed by atoms with Gasteiger partial charge >= 0.3 is 0 Å². The highest BCUT2D eigenvalue weighted by molar-refractivity contribution is 5.76. The van der Waals surface area contributed by atoms with E-state index < -0.39 is 35.8 Å². The van der Waals surface area contributed by atoms with Crippen LogP contribution in [0.1, 0.15) is 12.0 Å². The van der Waals surface area contributed by atoms with Gasteiger partial charge in [-0.25, -0.2) is 22.5 Å². The van der Waals surface area contributed by atoms with Crippen molar-refractivity contribution in [2.75, 3.05) is 49.0 Å². The molecule has 2 aromatic heterocycles. The van der Waals surface area contributed by atoms with Gasteiger partial charge in [-0.1, -0.05) is 0 Å². The largest absolute Gasteiger partial charge is 0.494 e. The van der Waals surface area contributed by atoms with Crippen molar-refractivity contribution in [2.45, 2.75) is 37.1 Å². The number of nitrogens with one attached hydrogen (secondary N) is 1. The average molecular weight is 566 g/mol. The van der Waals surface area contributed by atoms with Crippen molar-refractivity contribution in [3.63, 3.8) is 0 Å². The lowest BCUT2D eigenvalue weighted by molar-refractivity contribution is -0.102. The van der Waals surface area contributed by atoms with Crippen molar-refractivity contribution >= 4 is 22.9 Å². The van der Waals surface area contributed by atoms with Gasteiger partial charge in [-0.2, -0.15) is 0 Å². The Hall–Kier alpha value is -3.88. The van der Waals surface area contributed by atoms with Crippen LogP contribution in [-0.4, -0.2) is 66.6 Å². The van der Waals surface area contributed by atoms with Crippen LogP contribution in [0.4, 0.5) is 40.4 Å². The molecular weight excluding hydrogens is 534 g/mol. The van der Waals surface area contributed by atoms with Crippen molar-refractivity contribution in [1.29, 1.82) is 0 Å². The Labute approximate surface area is 228 Å². The summed E-state index contributed by atoms with van der Waals surface area (Å²) in [6.45, 7) is 0.232. The number of aromatic nitrogens is 2. The quantitative estimate of drug-likeness (QED) is 0.244. The molecule has 40 heavy (non-hydrogen) atoms. The zero-order chi connectivity index (χ0) is 29.2. The minimum Gasteiger partial charge on any atom is -0.494 e. The monoisotopic (exact) mass is 565 g/mol. The van der Waals surface area contributed by atoms with Crippen molar-refractivity contribution in [3.05, 3.63) is 53.9 Å². The van der Waals surface area contributed by atoms with Gasteiger partial charge in [0.25, 0.3) is 6.43 Å². The Morgan fingerprint density at radius 2 is 1.93 bits per heavy atom. The number of aliphatic hydroxyl groups excluding tert-OH is 1. The maximum absolute atomic E-state index is 14.9. The second-order valence-electron chi connectivity index (χ2n) is 9.50. The van der Waals surface area contributed by atoms with Crippen LogP contribution in [0.5, 0.6) is 5.75 Å². The van der Waals surface area contributed by atoms with Gasteiger partial charge < -0.3 is 42.0 Å². The number of ether oxygens (including phenoxy) is 2. The number of rotatable bonds is 9. The summed E-state index contributed by atoms with van der Waals surface area (Å²) >= 11 is 0. The van der Waals surface area contributed by atoms with Crippen molar-refractivity contribution in [2.24, 2.45) is 5.73 Å². The second kappa shape index (κ2) is 11.7. The number of benzene rings is 1. The molecule has 8 N–H and O–H groups in total. The minimum atomic E-state index is -3.10. The van der Waals surface area contributed by atoms with Crippen molar-refractivity contribution in [3.8, 4) is 17.0 Å². The summed E-state index contributed by atoms with van der Waals surface area (Å²) in [5.41, 5.74) is 18.1. The lowest BCUT2D eigenvalue weighted by atomic mass is 9.81. The fraction of sp³-hybridized carbons (Fsp3) is 0.385. The normalized spacial score (nSPS) is 20.0. The Morgan fingerprint density at radius 3 is 2.60 bits per heavy atom. The van der Waals surface area contributed by atoms with E-state index in [4.69, 9.17) is 26.7 Å². The van der Waals surface area contributed by atoms with Crippen molar-refractivity contribution in [1.82, 2.24) is 9.97 Å². The minimum absolute atomic E-state index is 0.0952. The van der Waals surface area contributed by atoms with E-state index in [0.29, 0.717) is 23.5 Å². The van der Waals surface area contributed by atoms with E-state index in [0.717, 1.165) is 12.1 Å². The number of nitrogen functional groups attached to an aromatic ring is 2. The molecule has 10 nitrogen and oxygen atoms in total. The van der Waals surface area contributed by atoms with Gasteiger partial charge in [-0.15, -0.1) is 0 Å². The molecule has 4 rings (SSSR count). The molecular formula is C26H31F4N7O3. The van der Waals surface area contributed by atoms with Crippen LogP contribution in [-0.2, 0) is 11.3 Å². The molecule has 1 aromatic carbocycles. The molecule has 1 saturated heterocycles. The molecule has 3 atom stereocenters.